The van der Waals surface area contributed by atoms with Gasteiger partial charge in [-0.1, -0.05) is 0 Å². The third kappa shape index (κ3) is 3.71. The van der Waals surface area contributed by atoms with Crippen LogP contribution in [0.15, 0.2) is 54.7 Å². The Morgan fingerprint density at radius 2 is 1.91 bits per heavy atom. The van der Waals surface area contributed by atoms with Gasteiger partial charge >= 0.3 is 5.97 Å². The maximum atomic E-state index is 11.7. The molecule has 2 aromatic heterocycles. The molecule has 8 heteroatoms. The van der Waals surface area contributed by atoms with Crippen LogP contribution in [0.3, 0.4) is 0 Å². The molecule has 0 radical (unpaired) electrons. The molecule has 0 spiro atoms. The third-order valence-electron chi connectivity index (χ3n) is 5.33. The summed E-state index contributed by atoms with van der Waals surface area (Å²) >= 11 is 0. The van der Waals surface area contributed by atoms with Crippen molar-refractivity contribution < 1.29 is 23.7 Å². The number of fused-ring (bicyclic) bond motifs is 1. The van der Waals surface area contributed by atoms with Crippen molar-refractivity contribution in [3.8, 4) is 40.0 Å². The average molecular weight is 431 g/mol. The van der Waals surface area contributed by atoms with Crippen LogP contribution < -0.4 is 14.2 Å². The van der Waals surface area contributed by atoms with E-state index in [2.05, 4.69) is 9.97 Å². The third-order valence-corrected chi connectivity index (χ3v) is 5.33. The summed E-state index contributed by atoms with van der Waals surface area (Å²) in [5.41, 5.74) is 3.35. The van der Waals surface area contributed by atoms with Gasteiger partial charge in [0.25, 0.3) is 0 Å². The van der Waals surface area contributed by atoms with E-state index in [-0.39, 0.29) is 5.97 Å². The second kappa shape index (κ2) is 8.22. The second-order valence-electron chi connectivity index (χ2n) is 7.33. The minimum Gasteiger partial charge on any atom is -0.493 e. The molecule has 32 heavy (non-hydrogen) atoms. The molecule has 0 bridgehead atoms. The Balaban J connectivity index is 1.45. The maximum Gasteiger partial charge on any atom is 0.347 e. The first kappa shape index (κ1) is 19.9. The molecule has 2 aromatic carbocycles. The van der Waals surface area contributed by atoms with Crippen LogP contribution in [0.1, 0.15) is 6.42 Å². The van der Waals surface area contributed by atoms with Gasteiger partial charge in [-0.05, 0) is 48.5 Å². The summed E-state index contributed by atoms with van der Waals surface area (Å²) in [7, 11) is 3.21. The maximum absolute atomic E-state index is 11.7. The number of hydrogen-bond acceptors (Lipinski definition) is 7. The van der Waals surface area contributed by atoms with Gasteiger partial charge in [0.15, 0.2) is 23.4 Å². The first-order valence-electron chi connectivity index (χ1n) is 10.2. The van der Waals surface area contributed by atoms with Crippen LogP contribution in [-0.4, -0.2) is 47.9 Å². The molecular weight excluding hydrogens is 410 g/mol. The summed E-state index contributed by atoms with van der Waals surface area (Å²) < 4.78 is 21.5. The van der Waals surface area contributed by atoms with Gasteiger partial charge in [-0.2, -0.15) is 0 Å². The normalized spacial score (nSPS) is 15.6. The number of aromatic amines is 1. The van der Waals surface area contributed by atoms with E-state index < -0.39 is 6.10 Å². The summed E-state index contributed by atoms with van der Waals surface area (Å²) in [5.74, 6) is 2.15. The van der Waals surface area contributed by atoms with E-state index in [1.54, 1.807) is 20.4 Å². The Morgan fingerprint density at radius 1 is 1.03 bits per heavy atom. The van der Waals surface area contributed by atoms with E-state index in [0.717, 1.165) is 27.9 Å². The Morgan fingerprint density at radius 3 is 2.69 bits per heavy atom. The predicted octanol–water partition coefficient (Wildman–Crippen LogP) is 4.00. The minimum absolute atomic E-state index is 0.319. The number of hydrogen-bond donors (Lipinski definition) is 1. The minimum atomic E-state index is -0.549. The zero-order chi connectivity index (χ0) is 22.1. The number of ether oxygens (including phenoxy) is 4. The van der Waals surface area contributed by atoms with Crippen molar-refractivity contribution in [2.24, 2.45) is 0 Å². The largest absolute Gasteiger partial charge is 0.493 e. The zero-order valence-corrected chi connectivity index (χ0v) is 17.6. The number of benzene rings is 2. The molecule has 1 atom stereocenters. The molecular formula is C24H21N3O5. The van der Waals surface area contributed by atoms with Gasteiger partial charge in [-0.25, -0.2) is 14.8 Å². The molecule has 8 nitrogen and oxygen atoms in total. The summed E-state index contributed by atoms with van der Waals surface area (Å²) in [5, 5.41) is 0.934. The van der Waals surface area contributed by atoms with E-state index >= 15 is 0 Å². The second-order valence-corrected chi connectivity index (χ2v) is 7.33. The number of rotatable bonds is 6. The molecule has 4 aromatic rings. The number of nitrogens with one attached hydrogen (secondary N) is 1. The van der Waals surface area contributed by atoms with Crippen LogP contribution in [0.5, 0.6) is 17.2 Å². The van der Waals surface area contributed by atoms with Crippen LogP contribution in [0, 0.1) is 0 Å². The summed E-state index contributed by atoms with van der Waals surface area (Å²) in [6.07, 6.45) is 1.74. The fraction of sp³-hybridized carbons (Fsp3) is 0.208. The number of H-pyrrole nitrogens is 1. The zero-order valence-electron chi connectivity index (χ0n) is 17.6. The molecule has 1 fully saturated rings. The SMILES string of the molecule is COc1ccc(-c2ccnc(-c3cc4cc(OC5CCOC5=O)ccc4[nH]3)n2)cc1OC. The molecule has 1 saturated heterocycles. The Bertz CT molecular complexity index is 1300. The lowest BCUT2D eigenvalue weighted by atomic mass is 10.1. The number of cyclic esters (lactones) is 1. The molecule has 5 rings (SSSR count). The van der Waals surface area contributed by atoms with Crippen LogP contribution in [0.4, 0.5) is 0 Å². The molecule has 0 amide bonds. The van der Waals surface area contributed by atoms with Gasteiger partial charge in [-0.15, -0.1) is 0 Å². The highest BCUT2D eigenvalue weighted by atomic mass is 16.6. The number of carbonyl (C=O) groups is 1. The predicted molar refractivity (Wildman–Crippen MR) is 118 cm³/mol. The number of methoxy groups -OCH3 is 2. The lowest BCUT2D eigenvalue weighted by molar-refractivity contribution is -0.143. The number of carbonyl (C=O) groups excluding carboxylic acids is 1. The van der Waals surface area contributed by atoms with E-state index in [4.69, 9.17) is 23.9 Å². The van der Waals surface area contributed by atoms with E-state index in [9.17, 15) is 4.79 Å². The molecule has 3 heterocycles. The first-order chi connectivity index (χ1) is 15.6. The van der Waals surface area contributed by atoms with Crippen molar-refractivity contribution in [2.45, 2.75) is 12.5 Å². The van der Waals surface area contributed by atoms with Crippen LogP contribution in [0.25, 0.3) is 33.7 Å². The quantitative estimate of drug-likeness (QED) is 0.461. The molecule has 1 aliphatic heterocycles. The lowest BCUT2D eigenvalue weighted by Gasteiger charge is -2.09. The van der Waals surface area contributed by atoms with Crippen LogP contribution in [-0.2, 0) is 9.53 Å². The lowest BCUT2D eigenvalue weighted by Crippen LogP contribution is -2.21. The average Bonchev–Trinajstić information content (AvgIpc) is 3.44. The van der Waals surface area contributed by atoms with Crippen molar-refractivity contribution in [3.05, 3.63) is 54.7 Å². The van der Waals surface area contributed by atoms with Gasteiger partial charge < -0.3 is 23.9 Å². The fourth-order valence-electron chi connectivity index (χ4n) is 3.70. The number of aromatic nitrogens is 3. The highest BCUT2D eigenvalue weighted by Crippen LogP contribution is 2.32. The Labute approximate surface area is 184 Å². The highest BCUT2D eigenvalue weighted by Gasteiger charge is 2.28. The van der Waals surface area contributed by atoms with Crippen LogP contribution >= 0.6 is 0 Å². The molecule has 162 valence electrons. The summed E-state index contributed by atoms with van der Waals surface area (Å²) in [6.45, 7) is 0.397. The van der Waals surface area contributed by atoms with E-state index in [1.807, 2.05) is 48.5 Å². The number of nitrogens with zero attached hydrogens (tertiary/aromatic N) is 2. The standard InChI is InChI=1S/C24H21N3O5/c1-29-20-6-3-14(13-22(20)30-2)18-7-9-25-23(27-18)19-12-15-11-16(4-5-17(15)26-19)32-21-8-10-31-24(21)28/h3-7,9,11-13,21,26H,8,10H2,1-2H3. The van der Waals surface area contributed by atoms with Crippen molar-refractivity contribution in [2.75, 3.05) is 20.8 Å². The van der Waals surface area contributed by atoms with Gasteiger partial charge in [0, 0.05) is 29.1 Å². The van der Waals surface area contributed by atoms with E-state index in [0.29, 0.717) is 36.1 Å². The van der Waals surface area contributed by atoms with Crippen molar-refractivity contribution in [1.29, 1.82) is 0 Å². The molecule has 1 aliphatic rings. The van der Waals surface area contributed by atoms with Crippen molar-refractivity contribution in [1.82, 2.24) is 15.0 Å². The van der Waals surface area contributed by atoms with Gasteiger partial charge in [0.2, 0.25) is 0 Å². The molecule has 0 aliphatic carbocycles. The summed E-state index contributed by atoms with van der Waals surface area (Å²) in [6, 6.07) is 15.1. The fourth-order valence-corrected chi connectivity index (χ4v) is 3.70. The van der Waals surface area contributed by atoms with Gasteiger partial charge in [0.05, 0.1) is 32.2 Å². The smallest absolute Gasteiger partial charge is 0.347 e. The molecule has 1 unspecified atom stereocenters. The molecule has 1 N–H and O–H groups in total. The summed E-state index contributed by atoms with van der Waals surface area (Å²) in [4.78, 5) is 24.2. The van der Waals surface area contributed by atoms with Crippen molar-refractivity contribution >= 4 is 16.9 Å². The van der Waals surface area contributed by atoms with Gasteiger partial charge in [0.1, 0.15) is 5.75 Å². The Kier molecular flexibility index (Phi) is 5.10. The van der Waals surface area contributed by atoms with Crippen LogP contribution in [0.2, 0.25) is 0 Å². The Hall–Kier alpha value is -4.07. The van der Waals surface area contributed by atoms with Crippen molar-refractivity contribution in [3.63, 3.8) is 0 Å². The molecule has 0 saturated carbocycles. The first-order valence-corrected chi connectivity index (χ1v) is 10.2. The van der Waals surface area contributed by atoms with E-state index in [1.165, 1.54) is 0 Å². The topological polar surface area (TPSA) is 95.6 Å². The van der Waals surface area contributed by atoms with Gasteiger partial charge in [-0.3, -0.25) is 0 Å². The highest BCUT2D eigenvalue weighted by molar-refractivity contribution is 5.86. The monoisotopic (exact) mass is 431 g/mol. The number of esters is 1.